The summed E-state index contributed by atoms with van der Waals surface area (Å²) in [6.45, 7) is 0.317. The smallest absolute Gasteiger partial charge is 0.340 e. The molecule has 0 unspecified atom stereocenters. The number of carbonyl (C=O) groups excluding carboxylic acids is 1. The van der Waals surface area contributed by atoms with Crippen molar-refractivity contribution < 1.29 is 18.4 Å². The lowest BCUT2D eigenvalue weighted by molar-refractivity contribution is 0.0440. The number of ether oxygens (including phenoxy) is 1. The number of nitrogens with one attached hydrogen (secondary N) is 1. The Hall–Kier alpha value is -3.58. The number of aromatic nitrogens is 2. The molecule has 7 nitrogen and oxygen atoms in total. The second kappa shape index (κ2) is 8.62. The van der Waals surface area contributed by atoms with E-state index in [1.807, 2.05) is 12.1 Å². The van der Waals surface area contributed by atoms with Gasteiger partial charge < -0.3 is 18.9 Å². The lowest BCUT2D eigenvalue weighted by atomic mass is 10.2. The molecule has 4 aromatic rings. The van der Waals surface area contributed by atoms with Crippen LogP contribution >= 0.6 is 11.6 Å². The highest BCUT2D eigenvalue weighted by Crippen LogP contribution is 2.21. The zero-order valence-corrected chi connectivity index (χ0v) is 15.9. The van der Waals surface area contributed by atoms with Gasteiger partial charge in [-0.3, -0.25) is 0 Å². The van der Waals surface area contributed by atoms with E-state index in [0.717, 1.165) is 11.3 Å². The van der Waals surface area contributed by atoms with E-state index in [1.54, 1.807) is 54.8 Å². The number of halogens is 1. The number of esters is 1. The van der Waals surface area contributed by atoms with Crippen molar-refractivity contribution in [2.45, 2.75) is 13.2 Å². The molecule has 0 aliphatic rings. The molecule has 1 N–H and O–H groups in total. The molecule has 2 aromatic heterocycles. The Bertz CT molecular complexity index is 1090. The Labute approximate surface area is 171 Å². The molecule has 146 valence electrons. The first-order chi connectivity index (χ1) is 14.2. The van der Waals surface area contributed by atoms with E-state index in [-0.39, 0.29) is 12.5 Å². The minimum atomic E-state index is -0.501. The lowest BCUT2D eigenvalue weighted by Gasteiger charge is -2.10. The van der Waals surface area contributed by atoms with Gasteiger partial charge in [0.05, 0.1) is 18.4 Å². The first-order valence-corrected chi connectivity index (χ1v) is 9.17. The number of hydrogen-bond acceptors (Lipinski definition) is 7. The van der Waals surface area contributed by atoms with E-state index in [0.29, 0.717) is 28.7 Å². The summed E-state index contributed by atoms with van der Waals surface area (Å²) >= 11 is 5.88. The molecule has 0 saturated heterocycles. The van der Waals surface area contributed by atoms with Crippen LogP contribution in [0.4, 0.5) is 5.69 Å². The number of benzene rings is 2. The van der Waals surface area contributed by atoms with Gasteiger partial charge in [-0.05, 0) is 48.5 Å². The van der Waals surface area contributed by atoms with Gasteiger partial charge in [0, 0.05) is 16.3 Å². The van der Waals surface area contributed by atoms with Crippen LogP contribution in [0.1, 0.15) is 22.0 Å². The Morgan fingerprint density at radius 2 is 1.86 bits per heavy atom. The zero-order valence-electron chi connectivity index (χ0n) is 15.2. The fourth-order valence-electron chi connectivity index (χ4n) is 2.64. The number of furan rings is 1. The van der Waals surface area contributed by atoms with Crippen LogP contribution in [0.25, 0.3) is 11.5 Å². The molecule has 0 bridgehead atoms. The van der Waals surface area contributed by atoms with Crippen molar-refractivity contribution in [2.75, 3.05) is 5.32 Å². The van der Waals surface area contributed by atoms with Crippen LogP contribution < -0.4 is 5.32 Å². The SMILES string of the molecule is O=C(OCc1nnc(-c2ccc(Cl)cc2)o1)c1ccccc1NCc1ccco1. The third-order valence-electron chi connectivity index (χ3n) is 4.06. The van der Waals surface area contributed by atoms with Crippen molar-refractivity contribution in [1.29, 1.82) is 0 Å². The van der Waals surface area contributed by atoms with Gasteiger partial charge in [-0.15, -0.1) is 10.2 Å². The van der Waals surface area contributed by atoms with Crippen molar-refractivity contribution in [3.8, 4) is 11.5 Å². The highest BCUT2D eigenvalue weighted by molar-refractivity contribution is 6.30. The van der Waals surface area contributed by atoms with E-state index in [9.17, 15) is 4.79 Å². The van der Waals surface area contributed by atoms with Crippen molar-refractivity contribution in [3.63, 3.8) is 0 Å². The van der Waals surface area contributed by atoms with Crippen LogP contribution in [0.3, 0.4) is 0 Å². The summed E-state index contributed by atoms with van der Waals surface area (Å²) in [6, 6.07) is 17.7. The highest BCUT2D eigenvalue weighted by atomic mass is 35.5. The standard InChI is InChI=1S/C21H16ClN3O4/c22-15-9-7-14(8-10-15)20-25-24-19(29-20)13-28-21(26)17-5-1-2-6-18(17)23-12-16-4-3-11-27-16/h1-11,23H,12-13H2. The molecule has 2 heterocycles. The summed E-state index contributed by atoms with van der Waals surface area (Å²) < 4.78 is 16.2. The summed E-state index contributed by atoms with van der Waals surface area (Å²) in [5.41, 5.74) is 1.77. The maximum absolute atomic E-state index is 12.5. The van der Waals surface area contributed by atoms with Crippen LogP contribution in [-0.4, -0.2) is 16.2 Å². The Kier molecular flexibility index (Phi) is 5.58. The summed E-state index contributed by atoms with van der Waals surface area (Å²) in [5.74, 6) is 0.783. The molecule has 2 aromatic carbocycles. The number of rotatable bonds is 7. The first-order valence-electron chi connectivity index (χ1n) is 8.80. The third kappa shape index (κ3) is 4.64. The summed E-state index contributed by atoms with van der Waals surface area (Å²) in [5, 5.41) is 11.7. The molecule has 0 saturated carbocycles. The van der Waals surface area contributed by atoms with Crippen LogP contribution in [0, 0.1) is 0 Å². The maximum Gasteiger partial charge on any atom is 0.340 e. The minimum absolute atomic E-state index is 0.133. The predicted octanol–water partition coefficient (Wildman–Crippen LogP) is 4.95. The zero-order chi connectivity index (χ0) is 20.1. The molecular weight excluding hydrogens is 394 g/mol. The molecular formula is C21H16ClN3O4. The molecule has 0 aliphatic carbocycles. The van der Waals surface area contributed by atoms with Crippen LogP contribution in [-0.2, 0) is 17.9 Å². The summed E-state index contributed by atoms with van der Waals surface area (Å²) in [6.07, 6.45) is 1.60. The topological polar surface area (TPSA) is 90.4 Å². The number of carbonyl (C=O) groups is 1. The van der Waals surface area contributed by atoms with E-state index < -0.39 is 5.97 Å². The van der Waals surface area contributed by atoms with Gasteiger partial charge in [0.1, 0.15) is 5.76 Å². The minimum Gasteiger partial charge on any atom is -0.467 e. The number of nitrogens with zero attached hydrogens (tertiary/aromatic N) is 2. The molecule has 0 aliphatic heterocycles. The normalized spacial score (nSPS) is 10.7. The van der Waals surface area contributed by atoms with Crippen molar-refractivity contribution >= 4 is 23.3 Å². The van der Waals surface area contributed by atoms with E-state index in [2.05, 4.69) is 15.5 Å². The van der Waals surface area contributed by atoms with Crippen LogP contribution in [0.2, 0.25) is 5.02 Å². The van der Waals surface area contributed by atoms with Gasteiger partial charge in [0.15, 0.2) is 6.61 Å². The van der Waals surface area contributed by atoms with Gasteiger partial charge in [0.25, 0.3) is 5.89 Å². The average molecular weight is 410 g/mol. The number of anilines is 1. The fourth-order valence-corrected chi connectivity index (χ4v) is 2.76. The Balaban J connectivity index is 1.39. The molecule has 0 spiro atoms. The van der Waals surface area contributed by atoms with E-state index >= 15 is 0 Å². The Morgan fingerprint density at radius 1 is 1.03 bits per heavy atom. The summed E-state index contributed by atoms with van der Waals surface area (Å²) in [4.78, 5) is 12.5. The lowest BCUT2D eigenvalue weighted by Crippen LogP contribution is -2.10. The molecule has 0 amide bonds. The van der Waals surface area contributed by atoms with Crippen molar-refractivity contribution in [2.24, 2.45) is 0 Å². The number of para-hydroxylation sites is 1. The van der Waals surface area contributed by atoms with Crippen molar-refractivity contribution in [3.05, 3.63) is 89.2 Å². The predicted molar refractivity (Wildman–Crippen MR) is 106 cm³/mol. The molecule has 4 rings (SSSR count). The highest BCUT2D eigenvalue weighted by Gasteiger charge is 2.15. The van der Waals surface area contributed by atoms with Gasteiger partial charge in [-0.2, -0.15) is 0 Å². The van der Waals surface area contributed by atoms with Crippen LogP contribution in [0.15, 0.2) is 75.8 Å². The van der Waals surface area contributed by atoms with Gasteiger partial charge in [0.2, 0.25) is 5.89 Å². The van der Waals surface area contributed by atoms with Crippen molar-refractivity contribution in [1.82, 2.24) is 10.2 Å². The molecule has 0 atom stereocenters. The van der Waals surface area contributed by atoms with E-state index in [4.69, 9.17) is 25.2 Å². The third-order valence-corrected chi connectivity index (χ3v) is 4.32. The quantitative estimate of drug-likeness (QED) is 0.432. The molecule has 29 heavy (non-hydrogen) atoms. The number of hydrogen-bond donors (Lipinski definition) is 1. The van der Waals surface area contributed by atoms with Gasteiger partial charge in [-0.1, -0.05) is 23.7 Å². The molecule has 0 radical (unpaired) electrons. The van der Waals surface area contributed by atoms with Crippen LogP contribution in [0.5, 0.6) is 0 Å². The fraction of sp³-hybridized carbons (Fsp3) is 0.0952. The average Bonchev–Trinajstić information content (AvgIpc) is 3.43. The second-order valence-electron chi connectivity index (χ2n) is 6.06. The molecule has 8 heteroatoms. The Morgan fingerprint density at radius 3 is 2.66 bits per heavy atom. The largest absolute Gasteiger partial charge is 0.467 e. The maximum atomic E-state index is 12.5. The van der Waals surface area contributed by atoms with Gasteiger partial charge >= 0.3 is 5.97 Å². The second-order valence-corrected chi connectivity index (χ2v) is 6.50. The molecule has 0 fully saturated rings. The van der Waals surface area contributed by atoms with E-state index in [1.165, 1.54) is 0 Å². The monoisotopic (exact) mass is 409 g/mol. The van der Waals surface area contributed by atoms with Gasteiger partial charge in [-0.25, -0.2) is 4.79 Å². The first kappa shape index (κ1) is 18.8. The summed E-state index contributed by atoms with van der Waals surface area (Å²) in [7, 11) is 0.